The van der Waals surface area contributed by atoms with Crippen molar-refractivity contribution < 1.29 is 4.79 Å². The van der Waals surface area contributed by atoms with Gasteiger partial charge >= 0.3 is 0 Å². The van der Waals surface area contributed by atoms with E-state index >= 15 is 0 Å². The molecule has 19 heavy (non-hydrogen) atoms. The Labute approximate surface area is 116 Å². The molecular formula is C15H27N3O. The van der Waals surface area contributed by atoms with Crippen LogP contribution in [0.2, 0.25) is 0 Å². The fourth-order valence-corrected chi connectivity index (χ4v) is 2.54. The minimum atomic E-state index is -0.0236. The number of amides is 1. The smallest absolute Gasteiger partial charge is 0.268 e. The zero-order chi connectivity index (χ0) is 14.4. The van der Waals surface area contributed by atoms with Crippen LogP contribution in [0.3, 0.4) is 0 Å². The summed E-state index contributed by atoms with van der Waals surface area (Å²) in [5, 5.41) is 3.09. The summed E-state index contributed by atoms with van der Waals surface area (Å²) in [6.45, 7) is 9.30. The van der Waals surface area contributed by atoms with E-state index in [1.807, 2.05) is 10.8 Å². The topological polar surface area (TPSA) is 60.0 Å². The Hall–Kier alpha value is -1.45. The van der Waals surface area contributed by atoms with Gasteiger partial charge in [0.25, 0.3) is 5.91 Å². The number of aromatic nitrogens is 1. The Bertz CT molecular complexity index is 408. The van der Waals surface area contributed by atoms with Crippen molar-refractivity contribution in [1.82, 2.24) is 9.88 Å². The van der Waals surface area contributed by atoms with Crippen LogP contribution < -0.4 is 11.1 Å². The van der Waals surface area contributed by atoms with Gasteiger partial charge in [-0.1, -0.05) is 33.6 Å². The van der Waals surface area contributed by atoms with Gasteiger partial charge in [0.1, 0.15) is 5.69 Å². The van der Waals surface area contributed by atoms with E-state index in [2.05, 4.69) is 33.0 Å². The third-order valence-corrected chi connectivity index (χ3v) is 3.73. The van der Waals surface area contributed by atoms with Crippen LogP contribution in [0.4, 0.5) is 5.69 Å². The SMILES string of the molecule is CCCn1cc(N)cc1C(=O)NC(C)C(CC)CC. The second-order valence-electron chi connectivity index (χ2n) is 5.19. The van der Waals surface area contributed by atoms with E-state index in [4.69, 9.17) is 5.73 Å². The van der Waals surface area contributed by atoms with Crippen molar-refractivity contribution in [3.63, 3.8) is 0 Å². The average molecular weight is 265 g/mol. The van der Waals surface area contributed by atoms with Crippen LogP contribution in [-0.2, 0) is 6.54 Å². The number of nitrogens with zero attached hydrogens (tertiary/aromatic N) is 1. The third kappa shape index (κ3) is 4.01. The number of nitrogen functional groups attached to an aromatic ring is 1. The summed E-state index contributed by atoms with van der Waals surface area (Å²) in [5.41, 5.74) is 7.10. The van der Waals surface area contributed by atoms with E-state index < -0.39 is 0 Å². The van der Waals surface area contributed by atoms with Crippen molar-refractivity contribution >= 4 is 11.6 Å². The Morgan fingerprint density at radius 2 is 2.00 bits per heavy atom. The third-order valence-electron chi connectivity index (χ3n) is 3.73. The molecular weight excluding hydrogens is 238 g/mol. The maximum Gasteiger partial charge on any atom is 0.268 e. The summed E-state index contributed by atoms with van der Waals surface area (Å²) < 4.78 is 1.93. The molecule has 0 bridgehead atoms. The quantitative estimate of drug-likeness (QED) is 0.796. The van der Waals surface area contributed by atoms with E-state index in [-0.39, 0.29) is 11.9 Å². The lowest BCUT2D eigenvalue weighted by Gasteiger charge is -2.22. The first kappa shape index (κ1) is 15.6. The first-order valence-corrected chi connectivity index (χ1v) is 7.29. The highest BCUT2D eigenvalue weighted by molar-refractivity contribution is 5.94. The van der Waals surface area contributed by atoms with Crippen LogP contribution in [0.25, 0.3) is 0 Å². The van der Waals surface area contributed by atoms with Gasteiger partial charge in [-0.3, -0.25) is 4.79 Å². The molecule has 4 heteroatoms. The average Bonchev–Trinajstić information content (AvgIpc) is 2.72. The molecule has 1 amide bonds. The lowest BCUT2D eigenvalue weighted by Crippen LogP contribution is -2.38. The molecule has 0 aliphatic carbocycles. The molecule has 3 N–H and O–H groups in total. The highest BCUT2D eigenvalue weighted by Crippen LogP contribution is 2.15. The van der Waals surface area contributed by atoms with Gasteiger partial charge in [-0.05, 0) is 25.3 Å². The number of carbonyl (C=O) groups is 1. The molecule has 1 aromatic heterocycles. The van der Waals surface area contributed by atoms with Crippen molar-refractivity contribution in [1.29, 1.82) is 0 Å². The molecule has 1 heterocycles. The van der Waals surface area contributed by atoms with Crippen LogP contribution in [0, 0.1) is 5.92 Å². The first-order chi connectivity index (χ1) is 9.03. The molecule has 108 valence electrons. The summed E-state index contributed by atoms with van der Waals surface area (Å²) in [6.07, 6.45) is 4.98. The van der Waals surface area contributed by atoms with Gasteiger partial charge in [0.2, 0.25) is 0 Å². The Morgan fingerprint density at radius 3 is 2.53 bits per heavy atom. The van der Waals surface area contributed by atoms with Crippen molar-refractivity contribution in [3.8, 4) is 0 Å². The summed E-state index contributed by atoms with van der Waals surface area (Å²) in [5.74, 6) is 0.500. The van der Waals surface area contributed by atoms with Gasteiger partial charge in [-0.25, -0.2) is 0 Å². The lowest BCUT2D eigenvalue weighted by atomic mass is 9.95. The highest BCUT2D eigenvalue weighted by Gasteiger charge is 2.19. The maximum absolute atomic E-state index is 12.3. The second-order valence-corrected chi connectivity index (χ2v) is 5.19. The number of carbonyl (C=O) groups excluding carboxylic acids is 1. The van der Waals surface area contributed by atoms with Crippen LogP contribution in [0.1, 0.15) is 57.4 Å². The maximum atomic E-state index is 12.3. The number of nitrogens with two attached hydrogens (primary N) is 1. The van der Waals surface area contributed by atoms with Crippen LogP contribution in [-0.4, -0.2) is 16.5 Å². The number of nitrogens with one attached hydrogen (secondary N) is 1. The largest absolute Gasteiger partial charge is 0.397 e. The summed E-state index contributed by atoms with van der Waals surface area (Å²) in [6, 6.07) is 1.94. The standard InChI is InChI=1S/C15H27N3O/c1-5-8-18-10-13(16)9-14(18)15(19)17-11(4)12(6-2)7-3/h9-12H,5-8,16H2,1-4H3,(H,17,19). The van der Waals surface area contributed by atoms with Crippen molar-refractivity contribution in [2.24, 2.45) is 5.92 Å². The van der Waals surface area contributed by atoms with Crippen molar-refractivity contribution in [2.75, 3.05) is 5.73 Å². The molecule has 1 atom stereocenters. The van der Waals surface area contributed by atoms with Crippen molar-refractivity contribution in [3.05, 3.63) is 18.0 Å². The van der Waals surface area contributed by atoms with E-state index in [0.29, 0.717) is 17.3 Å². The van der Waals surface area contributed by atoms with E-state index in [1.54, 1.807) is 6.07 Å². The molecule has 0 radical (unpaired) electrons. The molecule has 4 nitrogen and oxygen atoms in total. The molecule has 1 rings (SSSR count). The molecule has 0 aliphatic heterocycles. The lowest BCUT2D eigenvalue weighted by molar-refractivity contribution is 0.0915. The zero-order valence-corrected chi connectivity index (χ0v) is 12.6. The number of rotatable bonds is 7. The Morgan fingerprint density at radius 1 is 1.37 bits per heavy atom. The van der Waals surface area contributed by atoms with E-state index in [9.17, 15) is 4.79 Å². The fraction of sp³-hybridized carbons (Fsp3) is 0.667. The first-order valence-electron chi connectivity index (χ1n) is 7.29. The van der Waals surface area contributed by atoms with Crippen molar-refractivity contribution in [2.45, 2.75) is 59.5 Å². The molecule has 0 spiro atoms. The molecule has 0 fully saturated rings. The Kier molecular flexibility index (Phi) is 5.93. The molecule has 1 aromatic rings. The summed E-state index contributed by atoms with van der Waals surface area (Å²) in [7, 11) is 0. The molecule has 0 saturated heterocycles. The minimum absolute atomic E-state index is 0.0236. The number of aryl methyl sites for hydroxylation is 1. The molecule has 0 aliphatic rings. The normalized spacial score (nSPS) is 12.7. The van der Waals surface area contributed by atoms with Gasteiger partial charge in [-0.2, -0.15) is 0 Å². The molecule has 1 unspecified atom stereocenters. The van der Waals surface area contributed by atoms with Gasteiger partial charge < -0.3 is 15.6 Å². The molecule has 0 saturated carbocycles. The van der Waals surface area contributed by atoms with Crippen LogP contribution >= 0.6 is 0 Å². The van der Waals surface area contributed by atoms with Gasteiger partial charge in [-0.15, -0.1) is 0 Å². The van der Waals surface area contributed by atoms with E-state index in [0.717, 1.165) is 25.8 Å². The van der Waals surface area contributed by atoms with E-state index in [1.165, 1.54) is 0 Å². The van der Waals surface area contributed by atoms with Gasteiger partial charge in [0, 0.05) is 18.8 Å². The molecule has 0 aromatic carbocycles. The predicted octanol–water partition coefficient (Wildman–Crippen LogP) is 3.03. The summed E-state index contributed by atoms with van der Waals surface area (Å²) in [4.78, 5) is 12.3. The van der Waals surface area contributed by atoms with Gasteiger partial charge in [0.15, 0.2) is 0 Å². The highest BCUT2D eigenvalue weighted by atomic mass is 16.2. The summed E-state index contributed by atoms with van der Waals surface area (Å²) >= 11 is 0. The van der Waals surface area contributed by atoms with Crippen LogP contribution in [0.5, 0.6) is 0 Å². The zero-order valence-electron chi connectivity index (χ0n) is 12.6. The minimum Gasteiger partial charge on any atom is -0.397 e. The van der Waals surface area contributed by atoms with Crippen LogP contribution in [0.15, 0.2) is 12.3 Å². The fourth-order valence-electron chi connectivity index (χ4n) is 2.54. The number of hydrogen-bond acceptors (Lipinski definition) is 2. The monoisotopic (exact) mass is 265 g/mol. The predicted molar refractivity (Wildman–Crippen MR) is 80.1 cm³/mol. The van der Waals surface area contributed by atoms with Gasteiger partial charge in [0.05, 0.1) is 5.69 Å². The Balaban J connectivity index is 2.77. The number of hydrogen-bond donors (Lipinski definition) is 2. The number of anilines is 1. The second kappa shape index (κ2) is 7.22.